The van der Waals surface area contributed by atoms with Crippen molar-refractivity contribution in [2.75, 3.05) is 27.3 Å². The Kier molecular flexibility index (Phi) is 5.93. The maximum atomic E-state index is 12.8. The molecule has 0 unspecified atom stereocenters. The molecule has 1 aliphatic rings. The van der Waals surface area contributed by atoms with Crippen LogP contribution in [0.25, 0.3) is 11.0 Å². The van der Waals surface area contributed by atoms with Crippen LogP contribution < -0.4 is 9.47 Å². The number of methoxy groups -OCH3 is 2. The molecule has 0 N–H and O–H groups in total. The zero-order valence-electron chi connectivity index (χ0n) is 17.9. The number of rotatable bonds is 6. The van der Waals surface area contributed by atoms with E-state index in [0.29, 0.717) is 23.8 Å². The van der Waals surface area contributed by atoms with Crippen LogP contribution >= 0.6 is 0 Å². The van der Waals surface area contributed by atoms with Crippen molar-refractivity contribution >= 4 is 16.9 Å². The van der Waals surface area contributed by atoms with Crippen molar-refractivity contribution in [3.05, 3.63) is 53.9 Å². The minimum Gasteiger partial charge on any atom is -0.493 e. The van der Waals surface area contributed by atoms with E-state index < -0.39 is 0 Å². The molecule has 2 heterocycles. The van der Waals surface area contributed by atoms with Crippen LogP contribution in [0.15, 0.2) is 42.5 Å². The highest BCUT2D eigenvalue weighted by Gasteiger charge is 2.24. The molecule has 1 fully saturated rings. The number of hydrogen-bond donors (Lipinski definition) is 0. The van der Waals surface area contributed by atoms with Gasteiger partial charge in [0, 0.05) is 19.6 Å². The van der Waals surface area contributed by atoms with E-state index >= 15 is 0 Å². The van der Waals surface area contributed by atoms with Gasteiger partial charge in [-0.15, -0.1) is 0 Å². The fourth-order valence-corrected chi connectivity index (χ4v) is 4.33. The maximum Gasteiger partial charge on any atom is 0.226 e. The van der Waals surface area contributed by atoms with E-state index in [4.69, 9.17) is 9.47 Å². The number of fused-ring (bicyclic) bond motifs is 1. The molecule has 0 radical (unpaired) electrons. The van der Waals surface area contributed by atoms with Crippen LogP contribution in [0.1, 0.15) is 24.2 Å². The van der Waals surface area contributed by atoms with Gasteiger partial charge in [-0.25, -0.2) is 4.98 Å². The number of piperidine rings is 1. The fourth-order valence-electron chi connectivity index (χ4n) is 4.33. The Morgan fingerprint density at radius 2 is 1.80 bits per heavy atom. The van der Waals surface area contributed by atoms with E-state index in [9.17, 15) is 4.79 Å². The molecule has 0 atom stereocenters. The Morgan fingerprint density at radius 1 is 1.07 bits per heavy atom. The summed E-state index contributed by atoms with van der Waals surface area (Å²) in [6.45, 7) is 4.65. The highest BCUT2D eigenvalue weighted by Crippen LogP contribution is 2.28. The lowest BCUT2D eigenvalue weighted by Crippen LogP contribution is -2.40. The van der Waals surface area contributed by atoms with E-state index in [1.165, 1.54) is 5.52 Å². The molecular weight excluding hydrogens is 378 g/mol. The van der Waals surface area contributed by atoms with Crippen LogP contribution in [-0.4, -0.2) is 47.7 Å². The van der Waals surface area contributed by atoms with Crippen molar-refractivity contribution in [1.29, 1.82) is 0 Å². The summed E-state index contributed by atoms with van der Waals surface area (Å²) in [6.07, 6.45) is 2.42. The Hall–Kier alpha value is -3.02. The molecule has 0 saturated carbocycles. The topological polar surface area (TPSA) is 56.6 Å². The summed E-state index contributed by atoms with van der Waals surface area (Å²) in [4.78, 5) is 19.5. The van der Waals surface area contributed by atoms with Crippen LogP contribution in [-0.2, 0) is 17.8 Å². The summed E-state index contributed by atoms with van der Waals surface area (Å²) < 4.78 is 12.9. The van der Waals surface area contributed by atoms with E-state index in [1.807, 2.05) is 29.2 Å². The Balaban J connectivity index is 1.35. The van der Waals surface area contributed by atoms with E-state index in [0.717, 1.165) is 49.4 Å². The van der Waals surface area contributed by atoms with Gasteiger partial charge < -0.3 is 18.9 Å². The lowest BCUT2D eigenvalue weighted by atomic mass is 9.96. The first-order chi connectivity index (χ1) is 14.6. The highest BCUT2D eigenvalue weighted by molar-refractivity contribution is 5.79. The summed E-state index contributed by atoms with van der Waals surface area (Å²) in [7, 11) is 3.22. The van der Waals surface area contributed by atoms with Crippen molar-refractivity contribution in [3.63, 3.8) is 0 Å². The standard InChI is InChI=1S/C24H29N3O3/c1-17-25-20-6-4-5-7-21(20)27(17)16-18-10-12-26(13-11-18)24(28)15-19-8-9-22(29-2)23(14-19)30-3/h4-9,14,18H,10-13,15-16H2,1-3H3. The van der Waals surface area contributed by atoms with Gasteiger partial charge in [0.15, 0.2) is 11.5 Å². The molecule has 2 aromatic carbocycles. The Labute approximate surface area is 177 Å². The molecule has 30 heavy (non-hydrogen) atoms. The zero-order valence-corrected chi connectivity index (χ0v) is 17.9. The molecule has 1 amide bonds. The molecule has 0 aliphatic carbocycles. The second kappa shape index (κ2) is 8.78. The van der Waals surface area contributed by atoms with Crippen molar-refractivity contribution in [2.24, 2.45) is 5.92 Å². The normalized spacial score (nSPS) is 14.8. The quantitative estimate of drug-likeness (QED) is 0.623. The molecule has 3 aromatic rings. The van der Waals surface area contributed by atoms with Gasteiger partial charge in [-0.3, -0.25) is 4.79 Å². The van der Waals surface area contributed by atoms with Gasteiger partial charge >= 0.3 is 0 Å². The van der Waals surface area contributed by atoms with Crippen molar-refractivity contribution < 1.29 is 14.3 Å². The van der Waals surface area contributed by atoms with Crippen LogP contribution in [0.2, 0.25) is 0 Å². The predicted molar refractivity (Wildman–Crippen MR) is 117 cm³/mol. The summed E-state index contributed by atoms with van der Waals surface area (Å²) in [5.41, 5.74) is 3.19. The van der Waals surface area contributed by atoms with Gasteiger partial charge in [-0.05, 0) is 55.5 Å². The minimum atomic E-state index is 0.171. The molecule has 158 valence electrons. The molecule has 6 heteroatoms. The SMILES string of the molecule is COc1ccc(CC(=O)N2CCC(Cn3c(C)nc4ccccc43)CC2)cc1OC. The van der Waals surface area contributed by atoms with Crippen molar-refractivity contribution in [1.82, 2.24) is 14.5 Å². The smallest absolute Gasteiger partial charge is 0.226 e. The van der Waals surface area contributed by atoms with E-state index in [-0.39, 0.29) is 5.91 Å². The molecule has 4 rings (SSSR count). The van der Waals surface area contributed by atoms with E-state index in [1.54, 1.807) is 14.2 Å². The number of likely N-dealkylation sites (tertiary alicyclic amines) is 1. The lowest BCUT2D eigenvalue weighted by Gasteiger charge is -2.32. The number of nitrogens with zero attached hydrogens (tertiary/aromatic N) is 3. The third-order valence-electron chi connectivity index (χ3n) is 6.06. The Bertz CT molecular complexity index is 1040. The largest absolute Gasteiger partial charge is 0.493 e. The number of aromatic nitrogens is 2. The zero-order chi connectivity index (χ0) is 21.1. The van der Waals surface area contributed by atoms with Crippen LogP contribution in [0.5, 0.6) is 11.5 Å². The number of hydrogen-bond acceptors (Lipinski definition) is 4. The van der Waals surface area contributed by atoms with Crippen molar-refractivity contribution in [2.45, 2.75) is 32.7 Å². The fraction of sp³-hybridized carbons (Fsp3) is 0.417. The third kappa shape index (κ3) is 4.13. The van der Waals surface area contributed by atoms with Crippen molar-refractivity contribution in [3.8, 4) is 11.5 Å². The number of para-hydroxylation sites is 2. The number of aryl methyl sites for hydroxylation is 1. The van der Waals surface area contributed by atoms with Crippen LogP contribution in [0.4, 0.5) is 0 Å². The molecular formula is C24H29N3O3. The van der Waals surface area contributed by atoms with E-state index in [2.05, 4.69) is 34.7 Å². The van der Waals surface area contributed by atoms with Gasteiger partial charge in [0.2, 0.25) is 5.91 Å². The first-order valence-corrected chi connectivity index (χ1v) is 10.5. The average Bonchev–Trinajstić information content (AvgIpc) is 3.09. The molecule has 1 saturated heterocycles. The van der Waals surface area contributed by atoms with Gasteiger partial charge in [-0.2, -0.15) is 0 Å². The van der Waals surface area contributed by atoms with Crippen LogP contribution in [0.3, 0.4) is 0 Å². The predicted octanol–water partition coefficient (Wildman–Crippen LogP) is 3.84. The number of amides is 1. The first kappa shape index (κ1) is 20.3. The second-order valence-corrected chi connectivity index (χ2v) is 7.95. The van der Waals surface area contributed by atoms with Crippen LogP contribution in [0, 0.1) is 12.8 Å². The van der Waals surface area contributed by atoms with Gasteiger partial charge in [0.25, 0.3) is 0 Å². The van der Waals surface area contributed by atoms with Gasteiger partial charge in [0.1, 0.15) is 5.82 Å². The average molecular weight is 408 g/mol. The lowest BCUT2D eigenvalue weighted by molar-refractivity contribution is -0.131. The summed E-state index contributed by atoms with van der Waals surface area (Å²) in [6, 6.07) is 14.0. The first-order valence-electron chi connectivity index (χ1n) is 10.5. The molecule has 6 nitrogen and oxygen atoms in total. The summed E-state index contributed by atoms with van der Waals surface area (Å²) in [5.74, 6) is 3.13. The molecule has 0 spiro atoms. The number of carbonyl (C=O) groups is 1. The highest BCUT2D eigenvalue weighted by atomic mass is 16.5. The maximum absolute atomic E-state index is 12.8. The second-order valence-electron chi connectivity index (χ2n) is 7.95. The number of ether oxygens (including phenoxy) is 2. The monoisotopic (exact) mass is 407 g/mol. The Morgan fingerprint density at radius 3 is 2.53 bits per heavy atom. The van der Waals surface area contributed by atoms with Gasteiger partial charge in [0.05, 0.1) is 31.7 Å². The molecule has 0 bridgehead atoms. The molecule has 1 aliphatic heterocycles. The third-order valence-corrected chi connectivity index (χ3v) is 6.06. The minimum absolute atomic E-state index is 0.171. The number of carbonyl (C=O) groups excluding carboxylic acids is 1. The molecule has 1 aromatic heterocycles. The summed E-state index contributed by atoms with van der Waals surface area (Å²) in [5, 5.41) is 0. The number of imidazole rings is 1. The summed E-state index contributed by atoms with van der Waals surface area (Å²) >= 11 is 0. The number of benzene rings is 2. The van der Waals surface area contributed by atoms with Gasteiger partial charge in [-0.1, -0.05) is 18.2 Å².